The Labute approximate surface area is 116 Å². The number of H-pyrrole nitrogens is 1. The number of methoxy groups -OCH3 is 1. The topological polar surface area (TPSA) is 37.9 Å². The minimum atomic E-state index is 0.586. The largest absolute Gasteiger partial charge is 0.496 e. The molecule has 1 heterocycles. The van der Waals surface area contributed by atoms with E-state index in [0.29, 0.717) is 9.66 Å². The molecule has 0 spiro atoms. The Morgan fingerprint density at radius 3 is 2.72 bits per heavy atom. The van der Waals surface area contributed by atoms with Crippen LogP contribution in [0.15, 0.2) is 18.2 Å². The lowest BCUT2D eigenvalue weighted by atomic mass is 10.1. The Morgan fingerprint density at radius 1 is 1.33 bits per heavy atom. The molecule has 0 unspecified atom stereocenters. The van der Waals surface area contributed by atoms with Crippen LogP contribution in [0.1, 0.15) is 11.4 Å². The van der Waals surface area contributed by atoms with Gasteiger partial charge >= 0.3 is 0 Å². The Balaban J connectivity index is 2.76. The van der Waals surface area contributed by atoms with Crippen LogP contribution < -0.4 is 4.74 Å². The van der Waals surface area contributed by atoms with Crippen molar-refractivity contribution in [2.24, 2.45) is 0 Å². The van der Waals surface area contributed by atoms with Gasteiger partial charge in [0, 0.05) is 16.1 Å². The Morgan fingerprint density at radius 2 is 2.06 bits per heavy atom. The van der Waals surface area contributed by atoms with Crippen molar-refractivity contribution in [3.05, 3.63) is 39.3 Å². The average molecular weight is 281 g/mol. The molecule has 3 nitrogen and oxygen atoms in total. The highest BCUT2D eigenvalue weighted by atomic mass is 35.5. The minimum absolute atomic E-state index is 0.586. The lowest BCUT2D eigenvalue weighted by molar-refractivity contribution is 0.416. The standard InChI is InChI=1S/C13H13ClN2OS/c1-7-12(15-8(2)16-13(7)18)10-6-9(14)4-5-11(10)17-3/h4-6H,1-3H3,(H,15,16,18). The first kappa shape index (κ1) is 13.1. The van der Waals surface area contributed by atoms with Crippen molar-refractivity contribution >= 4 is 23.8 Å². The van der Waals surface area contributed by atoms with Gasteiger partial charge in [-0.05, 0) is 32.0 Å². The zero-order valence-corrected chi connectivity index (χ0v) is 11.9. The zero-order chi connectivity index (χ0) is 13.3. The van der Waals surface area contributed by atoms with Gasteiger partial charge in [0.2, 0.25) is 0 Å². The molecule has 0 aliphatic rings. The fraction of sp³-hybridized carbons (Fsp3) is 0.231. The third-order valence-corrected chi connectivity index (χ3v) is 3.33. The van der Waals surface area contributed by atoms with E-state index in [1.165, 1.54) is 0 Å². The monoisotopic (exact) mass is 280 g/mol. The summed E-state index contributed by atoms with van der Waals surface area (Å²) in [5.41, 5.74) is 2.70. The highest BCUT2D eigenvalue weighted by molar-refractivity contribution is 7.71. The van der Waals surface area contributed by atoms with Crippen molar-refractivity contribution in [1.82, 2.24) is 9.97 Å². The van der Waals surface area contributed by atoms with Gasteiger partial charge in [0.1, 0.15) is 16.2 Å². The molecule has 94 valence electrons. The Bertz CT molecular complexity index is 652. The Kier molecular flexibility index (Phi) is 3.68. The molecule has 0 aliphatic carbocycles. The van der Waals surface area contributed by atoms with Gasteiger partial charge in [0.25, 0.3) is 0 Å². The summed E-state index contributed by atoms with van der Waals surface area (Å²) in [6, 6.07) is 5.49. The maximum absolute atomic E-state index is 6.04. The van der Waals surface area contributed by atoms with E-state index in [9.17, 15) is 0 Å². The molecule has 2 rings (SSSR count). The van der Waals surface area contributed by atoms with E-state index in [-0.39, 0.29) is 0 Å². The van der Waals surface area contributed by atoms with Gasteiger partial charge in [-0.15, -0.1) is 0 Å². The summed E-state index contributed by atoms with van der Waals surface area (Å²) in [6.45, 7) is 3.80. The van der Waals surface area contributed by atoms with Crippen LogP contribution in [0, 0.1) is 18.5 Å². The van der Waals surface area contributed by atoms with Crippen molar-refractivity contribution in [2.45, 2.75) is 13.8 Å². The molecular formula is C13H13ClN2OS. The summed E-state index contributed by atoms with van der Waals surface area (Å²) in [4.78, 5) is 7.44. The van der Waals surface area contributed by atoms with Crippen LogP contribution >= 0.6 is 23.8 Å². The molecule has 0 amide bonds. The molecule has 0 fully saturated rings. The predicted octanol–water partition coefficient (Wildman–Crippen LogP) is 4.09. The SMILES string of the molecule is COc1ccc(Cl)cc1-c1[nH]c(C)nc(=S)c1C. The minimum Gasteiger partial charge on any atom is -0.496 e. The molecule has 0 aliphatic heterocycles. The number of rotatable bonds is 2. The first-order valence-corrected chi connectivity index (χ1v) is 6.23. The summed E-state index contributed by atoms with van der Waals surface area (Å²) in [5.74, 6) is 1.52. The van der Waals surface area contributed by atoms with Gasteiger partial charge in [-0.25, -0.2) is 4.98 Å². The molecule has 5 heteroatoms. The number of nitrogens with zero attached hydrogens (tertiary/aromatic N) is 1. The second-order valence-corrected chi connectivity index (χ2v) is 4.80. The van der Waals surface area contributed by atoms with Crippen molar-refractivity contribution in [3.63, 3.8) is 0 Å². The number of halogens is 1. The molecule has 18 heavy (non-hydrogen) atoms. The molecule has 1 aromatic carbocycles. The van der Waals surface area contributed by atoms with Crippen LogP contribution in [-0.2, 0) is 0 Å². The van der Waals surface area contributed by atoms with Crippen molar-refractivity contribution < 1.29 is 4.74 Å². The van der Waals surface area contributed by atoms with Crippen LogP contribution in [-0.4, -0.2) is 17.1 Å². The summed E-state index contributed by atoms with van der Waals surface area (Å²) in [7, 11) is 1.63. The maximum atomic E-state index is 6.04. The molecule has 0 saturated carbocycles. The second-order valence-electron chi connectivity index (χ2n) is 3.97. The van der Waals surface area contributed by atoms with Crippen LogP contribution in [0.4, 0.5) is 0 Å². The van der Waals surface area contributed by atoms with Crippen LogP contribution in [0.25, 0.3) is 11.3 Å². The lowest BCUT2D eigenvalue weighted by Crippen LogP contribution is -1.98. The highest BCUT2D eigenvalue weighted by Crippen LogP contribution is 2.33. The van der Waals surface area contributed by atoms with Crippen molar-refractivity contribution in [3.8, 4) is 17.0 Å². The quantitative estimate of drug-likeness (QED) is 0.842. The van der Waals surface area contributed by atoms with Crippen LogP contribution in [0.3, 0.4) is 0 Å². The molecular weight excluding hydrogens is 268 g/mol. The summed E-state index contributed by atoms with van der Waals surface area (Å²) >= 11 is 11.3. The number of benzene rings is 1. The molecule has 0 bridgehead atoms. The van der Waals surface area contributed by atoms with E-state index in [1.54, 1.807) is 13.2 Å². The van der Waals surface area contributed by atoms with E-state index in [4.69, 9.17) is 28.6 Å². The Hall–Kier alpha value is -1.39. The third-order valence-electron chi connectivity index (χ3n) is 2.70. The highest BCUT2D eigenvalue weighted by Gasteiger charge is 2.11. The number of ether oxygens (including phenoxy) is 1. The number of hydrogen-bond donors (Lipinski definition) is 1. The van der Waals surface area contributed by atoms with E-state index in [0.717, 1.165) is 28.4 Å². The predicted molar refractivity (Wildman–Crippen MR) is 75.9 cm³/mol. The van der Waals surface area contributed by atoms with Crippen LogP contribution in [0.5, 0.6) is 5.75 Å². The first-order chi connectivity index (χ1) is 8.52. The number of hydrogen-bond acceptors (Lipinski definition) is 3. The number of aryl methyl sites for hydroxylation is 1. The molecule has 2 aromatic rings. The molecule has 1 aromatic heterocycles. The maximum Gasteiger partial charge on any atom is 0.133 e. The molecule has 0 atom stereocenters. The van der Waals surface area contributed by atoms with E-state index < -0.39 is 0 Å². The van der Waals surface area contributed by atoms with E-state index in [1.807, 2.05) is 26.0 Å². The van der Waals surface area contributed by atoms with E-state index in [2.05, 4.69) is 9.97 Å². The second kappa shape index (κ2) is 5.08. The van der Waals surface area contributed by atoms with Gasteiger partial charge < -0.3 is 9.72 Å². The fourth-order valence-electron chi connectivity index (χ4n) is 1.79. The zero-order valence-electron chi connectivity index (χ0n) is 10.4. The molecule has 0 saturated heterocycles. The summed E-state index contributed by atoms with van der Waals surface area (Å²) < 4.78 is 5.94. The summed E-state index contributed by atoms with van der Waals surface area (Å²) in [6.07, 6.45) is 0. The number of nitrogens with one attached hydrogen (secondary N) is 1. The molecule has 1 N–H and O–H groups in total. The lowest BCUT2D eigenvalue weighted by Gasteiger charge is -2.12. The van der Waals surface area contributed by atoms with Crippen LogP contribution in [0.2, 0.25) is 5.02 Å². The summed E-state index contributed by atoms with van der Waals surface area (Å²) in [5, 5.41) is 0.652. The van der Waals surface area contributed by atoms with Gasteiger partial charge in [0.05, 0.1) is 12.8 Å². The van der Waals surface area contributed by atoms with Gasteiger partial charge in [-0.3, -0.25) is 0 Å². The third kappa shape index (κ3) is 2.40. The fourth-order valence-corrected chi connectivity index (χ4v) is 2.20. The van der Waals surface area contributed by atoms with Gasteiger partial charge in [-0.1, -0.05) is 23.8 Å². The van der Waals surface area contributed by atoms with Gasteiger partial charge in [-0.2, -0.15) is 0 Å². The van der Waals surface area contributed by atoms with Gasteiger partial charge in [0.15, 0.2) is 0 Å². The first-order valence-electron chi connectivity index (χ1n) is 5.44. The number of aromatic nitrogens is 2. The van der Waals surface area contributed by atoms with Crippen molar-refractivity contribution in [1.29, 1.82) is 0 Å². The number of aromatic amines is 1. The van der Waals surface area contributed by atoms with E-state index >= 15 is 0 Å². The van der Waals surface area contributed by atoms with Crippen molar-refractivity contribution in [2.75, 3.05) is 7.11 Å². The molecule has 0 radical (unpaired) electrons. The average Bonchev–Trinajstić information content (AvgIpc) is 2.33. The smallest absolute Gasteiger partial charge is 0.133 e. The normalized spacial score (nSPS) is 10.4.